The van der Waals surface area contributed by atoms with Crippen LogP contribution in [0, 0.1) is 5.82 Å². The van der Waals surface area contributed by atoms with Crippen LogP contribution >= 0.6 is 11.3 Å². The van der Waals surface area contributed by atoms with Crippen LogP contribution in [0.4, 0.5) is 42.1 Å². The first-order valence-electron chi connectivity index (χ1n) is 15.8. The molecule has 1 spiro atoms. The van der Waals surface area contributed by atoms with E-state index in [0.29, 0.717) is 47.7 Å². The number of alkyl halides is 6. The number of fused-ring (bicyclic) bond motifs is 1. The van der Waals surface area contributed by atoms with E-state index in [1.807, 2.05) is 0 Å². The highest BCUT2D eigenvalue weighted by molar-refractivity contribution is 7.21. The van der Waals surface area contributed by atoms with Crippen molar-refractivity contribution in [1.29, 1.82) is 0 Å². The molecule has 280 valence electrons. The van der Waals surface area contributed by atoms with Crippen LogP contribution in [0.25, 0.3) is 10.1 Å². The highest BCUT2D eigenvalue weighted by atomic mass is 32.1. The van der Waals surface area contributed by atoms with E-state index < -0.39 is 63.9 Å². The Labute approximate surface area is 300 Å². The lowest BCUT2D eigenvalue weighted by Gasteiger charge is -2.26. The minimum atomic E-state index is -5.09. The van der Waals surface area contributed by atoms with E-state index in [0.717, 1.165) is 24.3 Å². The van der Waals surface area contributed by atoms with Gasteiger partial charge in [0.05, 0.1) is 41.7 Å². The van der Waals surface area contributed by atoms with Crippen LogP contribution in [0.1, 0.15) is 63.4 Å². The number of nitrogens with one attached hydrogen (secondary N) is 2. The topological polar surface area (TPSA) is 130 Å². The molecular formula is C35H29F7N4O6S. The van der Waals surface area contributed by atoms with Gasteiger partial charge in [-0.2, -0.15) is 26.3 Å². The Morgan fingerprint density at radius 2 is 1.70 bits per heavy atom. The highest BCUT2D eigenvalue weighted by Gasteiger charge is 2.48. The van der Waals surface area contributed by atoms with Gasteiger partial charge in [-0.15, -0.1) is 11.3 Å². The maximum Gasteiger partial charge on any atom is 0.419 e. The van der Waals surface area contributed by atoms with Crippen molar-refractivity contribution in [1.82, 2.24) is 4.90 Å². The number of halogens is 7. The van der Waals surface area contributed by atoms with Gasteiger partial charge in [0.25, 0.3) is 17.7 Å². The molecule has 3 aromatic carbocycles. The molecule has 3 N–H and O–H groups in total. The van der Waals surface area contributed by atoms with E-state index in [-0.39, 0.29) is 44.9 Å². The minimum Gasteiger partial charge on any atom is -0.496 e. The molecule has 10 nitrogen and oxygen atoms in total. The second kappa shape index (κ2) is 13.3. The molecular weight excluding hydrogens is 737 g/mol. The van der Waals surface area contributed by atoms with Crippen LogP contribution in [0.2, 0.25) is 0 Å². The second-order valence-electron chi connectivity index (χ2n) is 13.1. The molecule has 0 bridgehead atoms. The standard InChI is InChI=1S/C35H29F7N4O6S/c1-32(2,50)31(49)46-11-10-33(16-46)15-24(45-52-33)17-4-9-25(51-3)21(12-17)29(47)44-27-20-7-5-18(34(37,38)39)13-26(20)53-28(27)30(48)43-19-6-8-23(36)22(14-19)35(40,41)42/h4-9,12-14,50H,10-11,15-16H2,1-3H3,(H,43,48)(H,44,47). The number of carbonyl (C=O) groups excluding carboxylic acids is 3. The molecule has 2 aliphatic rings. The van der Waals surface area contributed by atoms with E-state index in [9.17, 15) is 50.2 Å². The van der Waals surface area contributed by atoms with E-state index in [1.165, 1.54) is 38.0 Å². The fourth-order valence-electron chi connectivity index (χ4n) is 6.11. The number of benzene rings is 3. The molecule has 1 atom stereocenters. The number of amides is 3. The lowest BCUT2D eigenvalue weighted by Crippen LogP contribution is -2.46. The first kappa shape index (κ1) is 37.5. The largest absolute Gasteiger partial charge is 0.496 e. The van der Waals surface area contributed by atoms with E-state index in [2.05, 4.69) is 15.8 Å². The summed E-state index contributed by atoms with van der Waals surface area (Å²) in [6, 6.07) is 8.81. The molecule has 2 aliphatic heterocycles. The zero-order chi connectivity index (χ0) is 38.7. The molecule has 0 aliphatic carbocycles. The number of ether oxygens (including phenoxy) is 1. The Hall–Kier alpha value is -5.23. The summed E-state index contributed by atoms with van der Waals surface area (Å²) < 4.78 is 100. The molecule has 1 unspecified atom stereocenters. The zero-order valence-electron chi connectivity index (χ0n) is 28.0. The second-order valence-corrected chi connectivity index (χ2v) is 14.1. The van der Waals surface area contributed by atoms with Crippen molar-refractivity contribution in [3.05, 3.63) is 87.5 Å². The lowest BCUT2D eigenvalue weighted by molar-refractivity contribution is -0.148. The average molecular weight is 767 g/mol. The maximum atomic E-state index is 13.9. The predicted octanol–water partition coefficient (Wildman–Crippen LogP) is 7.46. The van der Waals surface area contributed by atoms with Gasteiger partial charge in [-0.3, -0.25) is 14.4 Å². The molecule has 0 saturated carbocycles. The molecule has 6 rings (SSSR count). The number of oxime groups is 1. The SMILES string of the molecule is COc1ccc(C2=NOC3(CCN(C(=O)C(C)(C)O)C3)C2)cc1C(=O)Nc1c(C(=O)Nc2ccc(F)c(C(F)(F)F)c2)sc2cc(C(F)(F)F)ccc12. The number of likely N-dealkylation sites (tertiary alicyclic amines) is 1. The molecule has 3 heterocycles. The van der Waals surface area contributed by atoms with Gasteiger partial charge in [0, 0.05) is 40.7 Å². The molecule has 1 aromatic heterocycles. The van der Waals surface area contributed by atoms with Gasteiger partial charge in [-0.25, -0.2) is 4.39 Å². The molecule has 1 fully saturated rings. The van der Waals surface area contributed by atoms with E-state index in [4.69, 9.17) is 9.57 Å². The van der Waals surface area contributed by atoms with Crippen molar-refractivity contribution in [2.24, 2.45) is 5.16 Å². The molecule has 18 heteroatoms. The van der Waals surface area contributed by atoms with Crippen LogP contribution in [0.3, 0.4) is 0 Å². The van der Waals surface area contributed by atoms with Gasteiger partial charge in [0.15, 0.2) is 5.60 Å². The van der Waals surface area contributed by atoms with Crippen molar-refractivity contribution in [3.63, 3.8) is 0 Å². The Morgan fingerprint density at radius 3 is 2.36 bits per heavy atom. The summed E-state index contributed by atoms with van der Waals surface area (Å²) in [5.41, 5.74) is -5.08. The van der Waals surface area contributed by atoms with Gasteiger partial charge in [-0.05, 0) is 62.4 Å². The molecule has 4 aromatic rings. The number of hydrogen-bond acceptors (Lipinski definition) is 8. The normalized spacial score (nSPS) is 17.6. The summed E-state index contributed by atoms with van der Waals surface area (Å²) in [7, 11) is 1.29. The van der Waals surface area contributed by atoms with Crippen molar-refractivity contribution in [3.8, 4) is 5.75 Å². The number of aliphatic hydroxyl groups is 1. The summed E-state index contributed by atoms with van der Waals surface area (Å²) in [6.45, 7) is 3.25. The van der Waals surface area contributed by atoms with Crippen molar-refractivity contribution >= 4 is 56.2 Å². The third kappa shape index (κ3) is 7.50. The van der Waals surface area contributed by atoms with Gasteiger partial charge < -0.3 is 30.2 Å². The Bertz CT molecular complexity index is 2180. The molecule has 0 radical (unpaired) electrons. The molecule has 1 saturated heterocycles. The first-order valence-corrected chi connectivity index (χ1v) is 16.6. The van der Waals surface area contributed by atoms with Crippen LogP contribution in [-0.2, 0) is 22.0 Å². The lowest BCUT2D eigenvalue weighted by atomic mass is 9.92. The first-order chi connectivity index (χ1) is 24.7. The Kier molecular flexibility index (Phi) is 9.43. The van der Waals surface area contributed by atoms with Crippen molar-refractivity contribution in [2.45, 2.75) is 50.2 Å². The number of thiophene rings is 1. The quantitative estimate of drug-likeness (QED) is 0.168. The van der Waals surface area contributed by atoms with Gasteiger partial charge in [0.2, 0.25) is 0 Å². The number of hydrogen-bond donors (Lipinski definition) is 3. The monoisotopic (exact) mass is 766 g/mol. The number of nitrogens with zero attached hydrogens (tertiary/aromatic N) is 2. The summed E-state index contributed by atoms with van der Waals surface area (Å²) in [5.74, 6) is -3.94. The third-order valence-corrected chi connectivity index (χ3v) is 9.89. The number of rotatable bonds is 7. The third-order valence-electron chi connectivity index (χ3n) is 8.74. The smallest absolute Gasteiger partial charge is 0.419 e. The Morgan fingerprint density at radius 1 is 0.962 bits per heavy atom. The zero-order valence-corrected chi connectivity index (χ0v) is 28.8. The summed E-state index contributed by atoms with van der Waals surface area (Å²) in [6.07, 6.45) is -9.18. The fraction of sp³-hybridized carbons (Fsp3) is 0.314. The minimum absolute atomic E-state index is 0.0219. The highest BCUT2D eigenvalue weighted by Crippen LogP contribution is 2.42. The van der Waals surface area contributed by atoms with E-state index >= 15 is 0 Å². The van der Waals surface area contributed by atoms with Crippen LogP contribution in [0.15, 0.2) is 59.8 Å². The summed E-state index contributed by atoms with van der Waals surface area (Å²) in [5, 5.41) is 19.2. The van der Waals surface area contributed by atoms with E-state index in [1.54, 1.807) is 6.07 Å². The Balaban J connectivity index is 1.31. The number of carbonyl (C=O) groups is 3. The van der Waals surface area contributed by atoms with Crippen molar-refractivity contribution < 1.29 is 59.8 Å². The van der Waals surface area contributed by atoms with Crippen LogP contribution < -0.4 is 15.4 Å². The van der Waals surface area contributed by atoms with Crippen molar-refractivity contribution in [2.75, 3.05) is 30.8 Å². The van der Waals surface area contributed by atoms with Gasteiger partial charge >= 0.3 is 12.4 Å². The predicted molar refractivity (Wildman–Crippen MR) is 180 cm³/mol. The maximum absolute atomic E-state index is 13.9. The van der Waals surface area contributed by atoms with Crippen LogP contribution in [0.5, 0.6) is 5.75 Å². The summed E-state index contributed by atoms with van der Waals surface area (Å²) in [4.78, 5) is 47.0. The van der Waals surface area contributed by atoms with Crippen LogP contribution in [-0.4, -0.2) is 64.8 Å². The summed E-state index contributed by atoms with van der Waals surface area (Å²) >= 11 is 0.546. The molecule has 3 amide bonds. The molecule has 53 heavy (non-hydrogen) atoms. The van der Waals surface area contributed by atoms with Gasteiger partial charge in [-0.1, -0.05) is 11.2 Å². The van der Waals surface area contributed by atoms with Gasteiger partial charge in [0.1, 0.15) is 22.0 Å². The number of anilines is 2. The fourth-order valence-corrected chi connectivity index (χ4v) is 7.20. The number of methoxy groups -OCH3 is 1. The average Bonchev–Trinajstić information content (AvgIpc) is 3.80.